The predicted molar refractivity (Wildman–Crippen MR) is 49.1 cm³/mol. The highest BCUT2D eigenvalue weighted by Crippen LogP contribution is 2.19. The monoisotopic (exact) mass is 201 g/mol. The summed E-state index contributed by atoms with van der Waals surface area (Å²) in [5.41, 5.74) is 0.523. The van der Waals surface area contributed by atoms with Gasteiger partial charge in [-0.1, -0.05) is 0 Å². The molecule has 0 unspecified atom stereocenters. The van der Waals surface area contributed by atoms with Crippen LogP contribution in [0.25, 0.3) is 0 Å². The third kappa shape index (κ3) is 1.99. The van der Waals surface area contributed by atoms with Gasteiger partial charge in [0, 0.05) is 0 Å². The standard InChI is InChI=1S/C8H11NO3S/c1-6-5-7(10)3-4-8(6)13(11,12)9-2/h3-5,9-10H,1-2H3. The van der Waals surface area contributed by atoms with Crippen LogP contribution in [0, 0.1) is 6.92 Å². The quantitative estimate of drug-likeness (QED) is 0.736. The van der Waals surface area contributed by atoms with E-state index in [0.29, 0.717) is 5.56 Å². The molecule has 0 heterocycles. The van der Waals surface area contributed by atoms with Crippen LogP contribution in [0.5, 0.6) is 5.75 Å². The third-order valence-corrected chi connectivity index (χ3v) is 3.29. The van der Waals surface area contributed by atoms with Gasteiger partial charge in [-0.05, 0) is 37.7 Å². The molecule has 0 saturated heterocycles. The summed E-state index contributed by atoms with van der Waals surface area (Å²) in [6.45, 7) is 1.63. The SMILES string of the molecule is CNS(=O)(=O)c1ccc(O)cc1C. The molecule has 5 heteroatoms. The van der Waals surface area contributed by atoms with Gasteiger partial charge in [-0.3, -0.25) is 0 Å². The molecule has 4 nitrogen and oxygen atoms in total. The Bertz CT molecular complexity index is 411. The molecule has 0 saturated carbocycles. The summed E-state index contributed by atoms with van der Waals surface area (Å²) >= 11 is 0. The third-order valence-electron chi connectivity index (χ3n) is 1.72. The molecule has 0 fully saturated rings. The minimum atomic E-state index is -3.41. The van der Waals surface area contributed by atoms with Gasteiger partial charge in [0.05, 0.1) is 4.90 Å². The highest BCUT2D eigenvalue weighted by Gasteiger charge is 2.13. The number of benzene rings is 1. The van der Waals surface area contributed by atoms with Gasteiger partial charge in [-0.25, -0.2) is 13.1 Å². The average molecular weight is 201 g/mol. The number of aryl methyl sites for hydroxylation is 1. The van der Waals surface area contributed by atoms with E-state index in [-0.39, 0.29) is 10.6 Å². The first-order chi connectivity index (χ1) is 5.97. The summed E-state index contributed by atoms with van der Waals surface area (Å²) in [5, 5.41) is 9.06. The van der Waals surface area contributed by atoms with Gasteiger partial charge in [0.2, 0.25) is 10.0 Å². The van der Waals surface area contributed by atoms with Crippen LogP contribution in [0.2, 0.25) is 0 Å². The van der Waals surface area contributed by atoms with Gasteiger partial charge >= 0.3 is 0 Å². The summed E-state index contributed by atoms with van der Waals surface area (Å²) in [5.74, 6) is 0.0625. The highest BCUT2D eigenvalue weighted by molar-refractivity contribution is 7.89. The van der Waals surface area contributed by atoms with Gasteiger partial charge in [0.25, 0.3) is 0 Å². The number of rotatable bonds is 2. The average Bonchev–Trinajstić information content (AvgIpc) is 2.03. The molecular weight excluding hydrogens is 190 g/mol. The number of aromatic hydroxyl groups is 1. The van der Waals surface area contributed by atoms with Crippen LogP contribution in [0.3, 0.4) is 0 Å². The lowest BCUT2D eigenvalue weighted by Gasteiger charge is -2.05. The fourth-order valence-electron chi connectivity index (χ4n) is 1.05. The van der Waals surface area contributed by atoms with Crippen LogP contribution in [0.15, 0.2) is 23.1 Å². The Labute approximate surface area is 77.3 Å². The zero-order valence-electron chi connectivity index (χ0n) is 7.40. The van der Waals surface area contributed by atoms with E-state index in [1.807, 2.05) is 0 Å². The fraction of sp³-hybridized carbons (Fsp3) is 0.250. The van der Waals surface area contributed by atoms with Crippen molar-refractivity contribution in [1.82, 2.24) is 4.72 Å². The lowest BCUT2D eigenvalue weighted by Crippen LogP contribution is -2.19. The molecular formula is C8H11NO3S. The smallest absolute Gasteiger partial charge is 0.240 e. The van der Waals surface area contributed by atoms with Crippen LogP contribution in [0.1, 0.15) is 5.56 Å². The summed E-state index contributed by atoms with van der Waals surface area (Å²) < 4.78 is 24.9. The Hall–Kier alpha value is -1.07. The molecule has 0 atom stereocenters. The normalized spacial score (nSPS) is 11.5. The number of sulfonamides is 1. The molecule has 0 aliphatic heterocycles. The summed E-state index contributed by atoms with van der Waals surface area (Å²) in [6, 6.07) is 4.12. The van der Waals surface area contributed by atoms with Crippen molar-refractivity contribution >= 4 is 10.0 Å². The van der Waals surface area contributed by atoms with Crippen molar-refractivity contribution < 1.29 is 13.5 Å². The molecule has 72 valence electrons. The summed E-state index contributed by atoms with van der Waals surface area (Å²) in [4.78, 5) is 0.188. The van der Waals surface area contributed by atoms with Gasteiger partial charge in [0.15, 0.2) is 0 Å². The van der Waals surface area contributed by atoms with E-state index in [4.69, 9.17) is 5.11 Å². The van der Waals surface area contributed by atoms with E-state index in [2.05, 4.69) is 4.72 Å². The topological polar surface area (TPSA) is 66.4 Å². The fourth-order valence-corrected chi connectivity index (χ4v) is 1.99. The maximum atomic E-state index is 11.3. The van der Waals surface area contributed by atoms with Crippen LogP contribution < -0.4 is 4.72 Å². The molecule has 13 heavy (non-hydrogen) atoms. The Morgan fingerprint density at radius 2 is 2.00 bits per heavy atom. The largest absolute Gasteiger partial charge is 0.508 e. The van der Waals surface area contributed by atoms with Crippen molar-refractivity contribution in [2.24, 2.45) is 0 Å². The number of hydrogen-bond acceptors (Lipinski definition) is 3. The van der Waals surface area contributed by atoms with E-state index in [0.717, 1.165) is 0 Å². The molecule has 0 bridgehead atoms. The molecule has 0 radical (unpaired) electrons. The zero-order chi connectivity index (χ0) is 10.1. The van der Waals surface area contributed by atoms with Gasteiger partial charge < -0.3 is 5.11 Å². The lowest BCUT2D eigenvalue weighted by molar-refractivity contribution is 0.474. The molecule has 1 aromatic carbocycles. The van der Waals surface area contributed by atoms with Gasteiger partial charge in [-0.2, -0.15) is 0 Å². The van der Waals surface area contributed by atoms with E-state index >= 15 is 0 Å². The second kappa shape index (κ2) is 3.35. The first kappa shape index (κ1) is 10.0. The van der Waals surface area contributed by atoms with Crippen molar-refractivity contribution in [3.63, 3.8) is 0 Å². The van der Waals surface area contributed by atoms with E-state index in [1.54, 1.807) is 6.92 Å². The maximum Gasteiger partial charge on any atom is 0.240 e. The Morgan fingerprint density at radius 1 is 1.38 bits per heavy atom. The second-order valence-corrected chi connectivity index (χ2v) is 4.51. The maximum absolute atomic E-state index is 11.3. The number of phenols is 1. The van der Waals surface area contributed by atoms with Crippen LogP contribution >= 0.6 is 0 Å². The molecule has 0 spiro atoms. The Kier molecular flexibility index (Phi) is 2.58. The summed E-state index contributed by atoms with van der Waals surface area (Å²) in [7, 11) is -2.06. The minimum Gasteiger partial charge on any atom is -0.508 e. The van der Waals surface area contributed by atoms with Crippen LogP contribution in [-0.4, -0.2) is 20.6 Å². The molecule has 0 amide bonds. The van der Waals surface area contributed by atoms with Crippen molar-refractivity contribution in [2.75, 3.05) is 7.05 Å². The van der Waals surface area contributed by atoms with Crippen molar-refractivity contribution in [1.29, 1.82) is 0 Å². The first-order valence-electron chi connectivity index (χ1n) is 3.70. The lowest BCUT2D eigenvalue weighted by atomic mass is 10.2. The zero-order valence-corrected chi connectivity index (χ0v) is 8.22. The highest BCUT2D eigenvalue weighted by atomic mass is 32.2. The number of hydrogen-bond donors (Lipinski definition) is 2. The van der Waals surface area contributed by atoms with Crippen LogP contribution in [-0.2, 0) is 10.0 Å². The van der Waals surface area contributed by atoms with Crippen molar-refractivity contribution in [3.05, 3.63) is 23.8 Å². The number of nitrogens with one attached hydrogen (secondary N) is 1. The second-order valence-electron chi connectivity index (χ2n) is 2.66. The Morgan fingerprint density at radius 3 is 2.46 bits per heavy atom. The van der Waals surface area contributed by atoms with Crippen molar-refractivity contribution in [3.8, 4) is 5.75 Å². The number of phenolic OH excluding ortho intramolecular Hbond substituents is 1. The molecule has 1 rings (SSSR count). The van der Waals surface area contributed by atoms with E-state index < -0.39 is 10.0 Å². The van der Waals surface area contributed by atoms with E-state index in [1.165, 1.54) is 25.2 Å². The minimum absolute atomic E-state index is 0.0625. The Balaban J connectivity index is 3.33. The molecule has 0 aromatic heterocycles. The van der Waals surface area contributed by atoms with E-state index in [9.17, 15) is 8.42 Å². The molecule has 2 N–H and O–H groups in total. The van der Waals surface area contributed by atoms with Gasteiger partial charge in [0.1, 0.15) is 5.75 Å². The van der Waals surface area contributed by atoms with Gasteiger partial charge in [-0.15, -0.1) is 0 Å². The van der Waals surface area contributed by atoms with Crippen molar-refractivity contribution in [2.45, 2.75) is 11.8 Å². The molecule has 0 aliphatic rings. The molecule has 0 aliphatic carbocycles. The first-order valence-corrected chi connectivity index (χ1v) is 5.19. The summed E-state index contributed by atoms with van der Waals surface area (Å²) in [6.07, 6.45) is 0. The predicted octanol–water partition coefficient (Wildman–Crippen LogP) is 0.609. The molecule has 1 aromatic rings. The van der Waals surface area contributed by atoms with Crippen LogP contribution in [0.4, 0.5) is 0 Å².